The van der Waals surface area contributed by atoms with Crippen molar-refractivity contribution in [1.82, 2.24) is 4.90 Å². The second-order valence-corrected chi connectivity index (χ2v) is 9.61. The molecular weight excluding hydrogens is 478 g/mol. The zero-order valence-corrected chi connectivity index (χ0v) is 20.5. The van der Waals surface area contributed by atoms with Crippen LogP contribution >= 0.6 is 0 Å². The van der Waals surface area contributed by atoms with Crippen LogP contribution in [-0.4, -0.2) is 41.1 Å². The Kier molecular flexibility index (Phi) is 6.00. The Morgan fingerprint density at radius 1 is 0.632 bits per heavy atom. The van der Waals surface area contributed by atoms with E-state index in [0.29, 0.717) is 0 Å². The molecule has 0 unspecified atom stereocenters. The summed E-state index contributed by atoms with van der Waals surface area (Å²) in [6, 6.07) is 31.6. The van der Waals surface area contributed by atoms with E-state index in [2.05, 4.69) is 0 Å². The van der Waals surface area contributed by atoms with Crippen molar-refractivity contribution in [3.05, 3.63) is 119 Å². The van der Waals surface area contributed by atoms with Gasteiger partial charge in [-0.15, -0.1) is 0 Å². The lowest BCUT2D eigenvalue weighted by molar-refractivity contribution is -0.143. The lowest BCUT2D eigenvalue weighted by Crippen LogP contribution is -2.41. The predicted octanol–water partition coefficient (Wildman–Crippen LogP) is 6.05. The van der Waals surface area contributed by atoms with Gasteiger partial charge in [0.2, 0.25) is 5.91 Å². The number of rotatable bonds is 6. The fourth-order valence-electron chi connectivity index (χ4n) is 5.83. The molecule has 6 heteroatoms. The number of carbonyl (C=O) groups is 3. The van der Waals surface area contributed by atoms with Gasteiger partial charge >= 0.3 is 12.1 Å². The molecule has 1 N–H and O–H groups in total. The van der Waals surface area contributed by atoms with E-state index in [4.69, 9.17) is 4.74 Å². The van der Waals surface area contributed by atoms with E-state index in [-0.39, 0.29) is 24.9 Å². The quantitative estimate of drug-likeness (QED) is 0.346. The molecule has 38 heavy (non-hydrogen) atoms. The second kappa shape index (κ2) is 9.63. The van der Waals surface area contributed by atoms with E-state index in [1.54, 1.807) is 0 Å². The zero-order valence-electron chi connectivity index (χ0n) is 20.5. The van der Waals surface area contributed by atoms with Crippen molar-refractivity contribution in [3.8, 4) is 22.3 Å². The normalized spacial score (nSPS) is 13.3. The summed E-state index contributed by atoms with van der Waals surface area (Å²) in [5.74, 6) is -2.32. The van der Waals surface area contributed by atoms with Crippen LogP contribution in [0.2, 0.25) is 0 Å². The van der Waals surface area contributed by atoms with Gasteiger partial charge < -0.3 is 9.84 Å². The minimum absolute atomic E-state index is 0.00531. The van der Waals surface area contributed by atoms with Crippen molar-refractivity contribution in [2.45, 2.75) is 18.3 Å². The first-order valence-corrected chi connectivity index (χ1v) is 12.6. The molecule has 2 aliphatic carbocycles. The molecule has 0 saturated carbocycles. The lowest BCUT2D eigenvalue weighted by atomic mass is 9.93. The number of benzene rings is 4. The molecular formula is C32H25NO5. The Balaban J connectivity index is 1.23. The van der Waals surface area contributed by atoms with Crippen molar-refractivity contribution in [2.75, 3.05) is 13.2 Å². The third kappa shape index (κ3) is 4.04. The van der Waals surface area contributed by atoms with Gasteiger partial charge in [-0.3, -0.25) is 9.59 Å². The minimum Gasteiger partial charge on any atom is -0.480 e. The van der Waals surface area contributed by atoms with Gasteiger partial charge in [0.15, 0.2) is 0 Å². The first-order valence-electron chi connectivity index (χ1n) is 12.6. The molecule has 2 amide bonds. The van der Waals surface area contributed by atoms with Gasteiger partial charge in [0, 0.05) is 18.3 Å². The van der Waals surface area contributed by atoms with Crippen LogP contribution in [0.15, 0.2) is 97.1 Å². The summed E-state index contributed by atoms with van der Waals surface area (Å²) in [6.45, 7) is -0.753. The van der Waals surface area contributed by atoms with Crippen LogP contribution in [-0.2, 0) is 14.3 Å². The number of aliphatic carboxylic acids is 1. The number of nitrogens with zero attached hydrogens (tertiary/aromatic N) is 1. The average molecular weight is 504 g/mol. The molecule has 4 aromatic rings. The van der Waals surface area contributed by atoms with Crippen LogP contribution in [0.3, 0.4) is 0 Å². The van der Waals surface area contributed by atoms with Gasteiger partial charge in [-0.25, -0.2) is 9.69 Å². The maximum atomic E-state index is 13.5. The smallest absolute Gasteiger partial charge is 0.417 e. The molecule has 0 spiro atoms. The van der Waals surface area contributed by atoms with E-state index in [9.17, 15) is 19.5 Å². The third-order valence-electron chi connectivity index (χ3n) is 7.49. The summed E-state index contributed by atoms with van der Waals surface area (Å²) in [7, 11) is 0. The summed E-state index contributed by atoms with van der Waals surface area (Å²) in [6.07, 6.45) is -0.982. The molecule has 0 aliphatic heterocycles. The number of hydrogen-bond donors (Lipinski definition) is 1. The van der Waals surface area contributed by atoms with Gasteiger partial charge in [-0.1, -0.05) is 97.1 Å². The first kappa shape index (κ1) is 23.7. The molecule has 0 atom stereocenters. The van der Waals surface area contributed by atoms with Gasteiger partial charge in [0.05, 0.1) is 0 Å². The van der Waals surface area contributed by atoms with E-state index >= 15 is 0 Å². The van der Waals surface area contributed by atoms with E-state index in [1.165, 1.54) is 0 Å². The predicted molar refractivity (Wildman–Crippen MR) is 143 cm³/mol. The van der Waals surface area contributed by atoms with Crippen molar-refractivity contribution in [1.29, 1.82) is 0 Å². The number of carboxylic acid groups (broad SMARTS) is 1. The topological polar surface area (TPSA) is 83.9 Å². The third-order valence-corrected chi connectivity index (χ3v) is 7.49. The molecule has 0 fully saturated rings. The number of carboxylic acids is 1. The Bertz CT molecular complexity index is 1480. The zero-order chi connectivity index (χ0) is 26.2. The van der Waals surface area contributed by atoms with Crippen LogP contribution in [0.1, 0.15) is 40.5 Å². The number of fused-ring (bicyclic) bond motifs is 6. The van der Waals surface area contributed by atoms with Crippen LogP contribution in [0.4, 0.5) is 4.79 Å². The summed E-state index contributed by atoms with van der Waals surface area (Å²) in [5.41, 5.74) is 8.32. The molecule has 0 heterocycles. The molecule has 0 radical (unpaired) electrons. The number of imide groups is 1. The lowest BCUT2D eigenvalue weighted by Gasteiger charge is -2.22. The Morgan fingerprint density at radius 2 is 1.03 bits per heavy atom. The standard InChI is InChI=1S/C32H25NO5/c34-30(17-28-24-13-5-1-9-20(24)21-10-2-6-14-25(21)28)33(18-31(35)36)32(37)38-19-29-26-15-7-3-11-22(26)23-12-4-8-16-27(23)29/h1-16,28-29H,17-19H2,(H,35,36). The second-order valence-electron chi connectivity index (χ2n) is 9.61. The molecule has 6 rings (SSSR count). The maximum absolute atomic E-state index is 13.5. The highest BCUT2D eigenvalue weighted by Crippen LogP contribution is 2.47. The largest absolute Gasteiger partial charge is 0.480 e. The molecule has 4 aromatic carbocycles. The fraction of sp³-hybridized carbons (Fsp3) is 0.156. The highest BCUT2D eigenvalue weighted by atomic mass is 16.6. The van der Waals surface area contributed by atoms with E-state index < -0.39 is 24.5 Å². The Morgan fingerprint density at radius 3 is 1.45 bits per heavy atom. The molecule has 0 bridgehead atoms. The highest BCUT2D eigenvalue weighted by Gasteiger charge is 2.35. The van der Waals surface area contributed by atoms with Crippen LogP contribution in [0.25, 0.3) is 22.3 Å². The average Bonchev–Trinajstić information content (AvgIpc) is 3.43. The van der Waals surface area contributed by atoms with Crippen LogP contribution in [0, 0.1) is 0 Å². The summed E-state index contributed by atoms with van der Waals surface area (Å²) >= 11 is 0. The van der Waals surface area contributed by atoms with Gasteiger partial charge in [0.1, 0.15) is 13.2 Å². The molecule has 2 aliphatic rings. The van der Waals surface area contributed by atoms with Crippen molar-refractivity contribution >= 4 is 18.0 Å². The van der Waals surface area contributed by atoms with Crippen molar-refractivity contribution in [3.63, 3.8) is 0 Å². The van der Waals surface area contributed by atoms with E-state index in [0.717, 1.165) is 49.4 Å². The van der Waals surface area contributed by atoms with Gasteiger partial charge in [0.25, 0.3) is 0 Å². The van der Waals surface area contributed by atoms with Crippen molar-refractivity contribution in [2.24, 2.45) is 0 Å². The maximum Gasteiger partial charge on any atom is 0.417 e. The summed E-state index contributed by atoms with van der Waals surface area (Å²) in [5, 5.41) is 9.50. The van der Waals surface area contributed by atoms with Crippen LogP contribution < -0.4 is 0 Å². The molecule has 0 aromatic heterocycles. The monoisotopic (exact) mass is 503 g/mol. The minimum atomic E-state index is -1.28. The number of amides is 2. The van der Waals surface area contributed by atoms with Crippen LogP contribution in [0.5, 0.6) is 0 Å². The SMILES string of the molecule is O=C(O)CN(C(=O)CC1c2ccccc2-c2ccccc21)C(=O)OCC1c2ccccc2-c2ccccc21. The number of hydrogen-bond acceptors (Lipinski definition) is 4. The number of carbonyl (C=O) groups excluding carboxylic acids is 2. The number of ether oxygens (including phenoxy) is 1. The highest BCUT2D eigenvalue weighted by molar-refractivity contribution is 5.96. The fourth-order valence-corrected chi connectivity index (χ4v) is 5.83. The molecule has 0 saturated heterocycles. The summed E-state index contributed by atoms with van der Waals surface area (Å²) in [4.78, 5) is 39.0. The first-order chi connectivity index (χ1) is 18.5. The van der Waals surface area contributed by atoms with Gasteiger partial charge in [-0.05, 0) is 44.5 Å². The summed E-state index contributed by atoms with van der Waals surface area (Å²) < 4.78 is 5.63. The Labute approximate surface area is 220 Å². The Hall–Kier alpha value is -4.71. The molecule has 188 valence electrons. The molecule has 6 nitrogen and oxygen atoms in total. The van der Waals surface area contributed by atoms with Gasteiger partial charge in [-0.2, -0.15) is 0 Å². The van der Waals surface area contributed by atoms with E-state index in [1.807, 2.05) is 97.1 Å². The van der Waals surface area contributed by atoms with Crippen molar-refractivity contribution < 1.29 is 24.2 Å².